The first-order chi connectivity index (χ1) is 9.80. The zero-order valence-corrected chi connectivity index (χ0v) is 12.2. The van der Waals surface area contributed by atoms with E-state index < -0.39 is 0 Å². The predicted molar refractivity (Wildman–Crippen MR) is 76.6 cm³/mol. The van der Waals surface area contributed by atoms with Crippen molar-refractivity contribution in [2.24, 2.45) is 0 Å². The summed E-state index contributed by atoms with van der Waals surface area (Å²) < 4.78 is 10.1. The van der Waals surface area contributed by atoms with Crippen molar-refractivity contribution in [3.05, 3.63) is 21.9 Å². The summed E-state index contributed by atoms with van der Waals surface area (Å²) in [5, 5.41) is 5.50. The summed E-state index contributed by atoms with van der Waals surface area (Å²) in [6.45, 7) is 0. The van der Waals surface area contributed by atoms with E-state index in [1.54, 1.807) is 0 Å². The lowest BCUT2D eigenvalue weighted by Crippen LogP contribution is -2.17. The third-order valence-electron chi connectivity index (χ3n) is 3.31. The summed E-state index contributed by atoms with van der Waals surface area (Å²) in [6, 6.07) is 2.91. The van der Waals surface area contributed by atoms with E-state index in [9.17, 15) is 0 Å². The second-order valence-electron chi connectivity index (χ2n) is 4.52. The second-order valence-corrected chi connectivity index (χ2v) is 5.52. The van der Waals surface area contributed by atoms with Crippen LogP contribution in [0.5, 0.6) is 12.0 Å². The van der Waals surface area contributed by atoms with E-state index in [0.717, 1.165) is 12.8 Å². The SMILES string of the molecule is COc1nc(NC2CCCc3sccc32)nc(OC)n1. The van der Waals surface area contributed by atoms with Crippen molar-refractivity contribution in [1.82, 2.24) is 15.0 Å². The Morgan fingerprint density at radius 3 is 2.65 bits per heavy atom. The molecule has 0 spiro atoms. The molecule has 0 aliphatic heterocycles. The lowest BCUT2D eigenvalue weighted by atomic mass is 9.94. The molecule has 0 saturated heterocycles. The Morgan fingerprint density at radius 1 is 1.20 bits per heavy atom. The van der Waals surface area contributed by atoms with Crippen LogP contribution in [0.1, 0.15) is 29.3 Å². The van der Waals surface area contributed by atoms with Crippen molar-refractivity contribution in [2.45, 2.75) is 25.3 Å². The van der Waals surface area contributed by atoms with Gasteiger partial charge in [0.2, 0.25) is 5.95 Å². The van der Waals surface area contributed by atoms with Crippen LogP contribution < -0.4 is 14.8 Å². The minimum Gasteiger partial charge on any atom is -0.467 e. The Morgan fingerprint density at radius 2 is 1.95 bits per heavy atom. The van der Waals surface area contributed by atoms with Crippen LogP contribution in [0.15, 0.2) is 11.4 Å². The van der Waals surface area contributed by atoms with Gasteiger partial charge in [0.15, 0.2) is 0 Å². The summed E-state index contributed by atoms with van der Waals surface area (Å²) in [7, 11) is 3.05. The smallest absolute Gasteiger partial charge is 0.324 e. The monoisotopic (exact) mass is 292 g/mol. The van der Waals surface area contributed by atoms with Crippen molar-refractivity contribution in [1.29, 1.82) is 0 Å². The molecule has 0 radical (unpaired) electrons. The molecule has 2 aromatic rings. The maximum atomic E-state index is 5.06. The molecular formula is C13H16N4O2S. The lowest BCUT2D eigenvalue weighted by molar-refractivity contribution is 0.340. The van der Waals surface area contributed by atoms with Gasteiger partial charge in [0.25, 0.3) is 0 Å². The summed E-state index contributed by atoms with van der Waals surface area (Å²) >= 11 is 1.81. The minimum absolute atomic E-state index is 0.238. The van der Waals surface area contributed by atoms with Gasteiger partial charge < -0.3 is 14.8 Å². The first-order valence-corrected chi connectivity index (χ1v) is 7.35. The number of hydrogen-bond donors (Lipinski definition) is 1. The number of hydrogen-bond acceptors (Lipinski definition) is 7. The van der Waals surface area contributed by atoms with Gasteiger partial charge in [-0.25, -0.2) is 0 Å². The first kappa shape index (κ1) is 13.1. The molecule has 0 bridgehead atoms. The molecule has 7 heteroatoms. The fraction of sp³-hybridized carbons (Fsp3) is 0.462. The van der Waals surface area contributed by atoms with Crippen molar-refractivity contribution in [2.75, 3.05) is 19.5 Å². The lowest BCUT2D eigenvalue weighted by Gasteiger charge is -2.23. The van der Waals surface area contributed by atoms with Gasteiger partial charge in [0.1, 0.15) is 0 Å². The third-order valence-corrected chi connectivity index (χ3v) is 4.31. The molecule has 6 nitrogen and oxygen atoms in total. The maximum absolute atomic E-state index is 5.06. The molecule has 2 heterocycles. The standard InChI is InChI=1S/C13H16N4O2S/c1-18-12-15-11(16-13(17-12)19-2)14-9-4-3-5-10-8(9)6-7-20-10/h6-7,9H,3-5H2,1-2H3,(H,14,15,16,17). The zero-order chi connectivity index (χ0) is 13.9. The Balaban J connectivity index is 1.85. The summed E-state index contributed by atoms with van der Waals surface area (Å²) in [5.41, 5.74) is 1.35. The fourth-order valence-corrected chi connectivity index (χ4v) is 3.36. The van der Waals surface area contributed by atoms with Gasteiger partial charge in [-0.1, -0.05) is 0 Å². The van der Waals surface area contributed by atoms with E-state index >= 15 is 0 Å². The van der Waals surface area contributed by atoms with Crippen LogP contribution >= 0.6 is 11.3 Å². The average molecular weight is 292 g/mol. The van der Waals surface area contributed by atoms with E-state index in [1.165, 1.54) is 31.1 Å². The number of nitrogens with zero attached hydrogens (tertiary/aromatic N) is 3. The minimum atomic E-state index is 0.238. The number of thiophene rings is 1. The van der Waals surface area contributed by atoms with Crippen LogP contribution in [0.4, 0.5) is 5.95 Å². The first-order valence-electron chi connectivity index (χ1n) is 6.47. The predicted octanol–water partition coefficient (Wildman–Crippen LogP) is 2.44. The van der Waals surface area contributed by atoms with E-state index in [1.807, 2.05) is 11.3 Å². The normalized spacial score (nSPS) is 17.4. The molecule has 2 aromatic heterocycles. The van der Waals surface area contributed by atoms with Gasteiger partial charge >= 0.3 is 12.0 Å². The van der Waals surface area contributed by atoms with Crippen LogP contribution in [0.3, 0.4) is 0 Å². The Bertz CT molecular complexity index is 580. The molecule has 3 rings (SSSR count). The van der Waals surface area contributed by atoms with Crippen LogP contribution in [0, 0.1) is 0 Å². The zero-order valence-electron chi connectivity index (χ0n) is 11.4. The van der Waals surface area contributed by atoms with Gasteiger partial charge in [-0.3, -0.25) is 0 Å². The third kappa shape index (κ3) is 2.53. The molecule has 0 fully saturated rings. The molecule has 1 unspecified atom stereocenters. The number of anilines is 1. The molecule has 0 amide bonds. The second kappa shape index (κ2) is 5.62. The molecule has 0 saturated carbocycles. The van der Waals surface area contributed by atoms with Gasteiger partial charge in [-0.2, -0.15) is 9.97 Å². The molecule has 1 aliphatic rings. The van der Waals surface area contributed by atoms with Crippen LogP contribution in [-0.4, -0.2) is 29.2 Å². The number of rotatable bonds is 4. The number of fused-ring (bicyclic) bond motifs is 1. The van der Waals surface area contributed by atoms with Gasteiger partial charge in [-0.05, 0) is 36.3 Å². The van der Waals surface area contributed by atoms with Gasteiger partial charge in [0.05, 0.1) is 20.3 Å². The van der Waals surface area contributed by atoms with Crippen molar-refractivity contribution in [3.8, 4) is 12.0 Å². The molecule has 20 heavy (non-hydrogen) atoms. The molecule has 0 aromatic carbocycles. The maximum Gasteiger partial charge on any atom is 0.324 e. The molecule has 1 atom stereocenters. The quantitative estimate of drug-likeness (QED) is 0.933. The highest BCUT2D eigenvalue weighted by molar-refractivity contribution is 7.10. The van der Waals surface area contributed by atoms with Crippen LogP contribution in [0.25, 0.3) is 0 Å². The molecular weight excluding hydrogens is 276 g/mol. The van der Waals surface area contributed by atoms with E-state index in [0.29, 0.717) is 5.95 Å². The molecule has 1 N–H and O–H groups in total. The Kier molecular flexibility index (Phi) is 3.68. The Labute approximate surface area is 121 Å². The molecule has 106 valence electrons. The van der Waals surface area contributed by atoms with Gasteiger partial charge in [0, 0.05) is 4.88 Å². The Hall–Kier alpha value is -1.89. The summed E-state index contributed by atoms with van der Waals surface area (Å²) in [6.07, 6.45) is 3.40. The van der Waals surface area contributed by atoms with E-state index in [-0.39, 0.29) is 18.1 Å². The number of ether oxygens (including phenoxy) is 2. The largest absolute Gasteiger partial charge is 0.467 e. The molecule has 1 aliphatic carbocycles. The van der Waals surface area contributed by atoms with E-state index in [4.69, 9.17) is 9.47 Å². The highest BCUT2D eigenvalue weighted by Gasteiger charge is 2.22. The number of methoxy groups -OCH3 is 2. The van der Waals surface area contributed by atoms with Gasteiger partial charge in [-0.15, -0.1) is 16.3 Å². The van der Waals surface area contributed by atoms with Crippen molar-refractivity contribution in [3.63, 3.8) is 0 Å². The van der Waals surface area contributed by atoms with Crippen LogP contribution in [-0.2, 0) is 6.42 Å². The highest BCUT2D eigenvalue weighted by atomic mass is 32.1. The number of aryl methyl sites for hydroxylation is 1. The van der Waals surface area contributed by atoms with Crippen molar-refractivity contribution < 1.29 is 9.47 Å². The number of nitrogens with one attached hydrogen (secondary N) is 1. The average Bonchev–Trinajstić information content (AvgIpc) is 2.96. The highest BCUT2D eigenvalue weighted by Crippen LogP contribution is 2.35. The van der Waals surface area contributed by atoms with E-state index in [2.05, 4.69) is 31.7 Å². The number of aromatic nitrogens is 3. The fourth-order valence-electron chi connectivity index (χ4n) is 2.38. The summed E-state index contributed by atoms with van der Waals surface area (Å²) in [4.78, 5) is 13.9. The topological polar surface area (TPSA) is 69.2 Å². The van der Waals surface area contributed by atoms with Crippen molar-refractivity contribution >= 4 is 17.3 Å². The van der Waals surface area contributed by atoms with Crippen LogP contribution in [0.2, 0.25) is 0 Å². The summed E-state index contributed by atoms with van der Waals surface area (Å²) in [5.74, 6) is 0.484.